The standard InChI is InChI=1S/C14H20O4/c1-10(9-15)5-6-12-13(17-3)7-11(16-2)8-14(12)18-4/h7-10H,5-6H2,1-4H3. The molecule has 0 saturated carbocycles. The van der Waals surface area contributed by atoms with E-state index in [1.54, 1.807) is 21.3 Å². The summed E-state index contributed by atoms with van der Waals surface area (Å²) in [4.78, 5) is 10.7. The molecule has 18 heavy (non-hydrogen) atoms. The molecule has 0 spiro atoms. The highest BCUT2D eigenvalue weighted by molar-refractivity contribution is 5.54. The van der Waals surface area contributed by atoms with Gasteiger partial charge in [0.05, 0.1) is 21.3 Å². The fraction of sp³-hybridized carbons (Fsp3) is 0.500. The second kappa shape index (κ2) is 6.89. The average Bonchev–Trinajstić information content (AvgIpc) is 2.43. The van der Waals surface area contributed by atoms with Crippen LogP contribution in [0.25, 0.3) is 0 Å². The van der Waals surface area contributed by atoms with Gasteiger partial charge < -0.3 is 19.0 Å². The first-order chi connectivity index (χ1) is 8.65. The van der Waals surface area contributed by atoms with Crippen molar-refractivity contribution >= 4 is 6.29 Å². The van der Waals surface area contributed by atoms with Crippen LogP contribution in [-0.4, -0.2) is 27.6 Å². The Morgan fingerprint density at radius 2 is 1.67 bits per heavy atom. The van der Waals surface area contributed by atoms with Crippen molar-refractivity contribution in [1.29, 1.82) is 0 Å². The summed E-state index contributed by atoms with van der Waals surface area (Å²) < 4.78 is 15.9. The average molecular weight is 252 g/mol. The van der Waals surface area contributed by atoms with Gasteiger partial charge in [0.1, 0.15) is 23.5 Å². The summed E-state index contributed by atoms with van der Waals surface area (Å²) in [5, 5.41) is 0. The van der Waals surface area contributed by atoms with Gasteiger partial charge in [-0.1, -0.05) is 6.92 Å². The molecule has 0 heterocycles. The minimum atomic E-state index is 0.0292. The molecule has 1 aromatic carbocycles. The summed E-state index contributed by atoms with van der Waals surface area (Å²) in [6, 6.07) is 3.65. The van der Waals surface area contributed by atoms with Crippen LogP contribution in [0.1, 0.15) is 18.9 Å². The van der Waals surface area contributed by atoms with Crippen molar-refractivity contribution in [3.8, 4) is 17.2 Å². The molecule has 1 aromatic rings. The molecule has 0 fully saturated rings. The van der Waals surface area contributed by atoms with E-state index in [-0.39, 0.29) is 5.92 Å². The van der Waals surface area contributed by atoms with Gasteiger partial charge in [-0.2, -0.15) is 0 Å². The van der Waals surface area contributed by atoms with Gasteiger partial charge in [0, 0.05) is 23.6 Å². The van der Waals surface area contributed by atoms with Crippen LogP contribution >= 0.6 is 0 Å². The highest BCUT2D eigenvalue weighted by Gasteiger charge is 2.14. The van der Waals surface area contributed by atoms with Gasteiger partial charge in [0.2, 0.25) is 0 Å². The van der Waals surface area contributed by atoms with Crippen LogP contribution in [0.4, 0.5) is 0 Å². The topological polar surface area (TPSA) is 44.8 Å². The maximum absolute atomic E-state index is 10.7. The monoisotopic (exact) mass is 252 g/mol. The SMILES string of the molecule is COc1cc(OC)c(CCC(C)C=O)c(OC)c1. The molecular formula is C14H20O4. The minimum absolute atomic E-state index is 0.0292. The van der Waals surface area contributed by atoms with Gasteiger partial charge in [-0.25, -0.2) is 0 Å². The number of rotatable bonds is 7. The second-order valence-electron chi connectivity index (χ2n) is 4.16. The van der Waals surface area contributed by atoms with Crippen molar-refractivity contribution in [3.63, 3.8) is 0 Å². The van der Waals surface area contributed by atoms with E-state index in [9.17, 15) is 4.79 Å². The largest absolute Gasteiger partial charge is 0.496 e. The number of hydrogen-bond acceptors (Lipinski definition) is 4. The van der Waals surface area contributed by atoms with E-state index in [1.807, 2.05) is 19.1 Å². The Hall–Kier alpha value is -1.71. The molecule has 1 unspecified atom stereocenters. The third-order valence-electron chi connectivity index (χ3n) is 2.90. The van der Waals surface area contributed by atoms with Gasteiger partial charge in [-0.15, -0.1) is 0 Å². The molecule has 1 atom stereocenters. The normalized spacial score (nSPS) is 11.8. The molecule has 1 rings (SSSR count). The molecule has 0 radical (unpaired) electrons. The number of benzene rings is 1. The minimum Gasteiger partial charge on any atom is -0.496 e. The molecule has 0 aromatic heterocycles. The lowest BCUT2D eigenvalue weighted by molar-refractivity contribution is -0.110. The number of aldehydes is 1. The Labute approximate surface area is 108 Å². The Balaban J connectivity index is 3.02. The quantitative estimate of drug-likeness (QED) is 0.699. The van der Waals surface area contributed by atoms with Crippen LogP contribution in [0.2, 0.25) is 0 Å². The van der Waals surface area contributed by atoms with Crippen LogP contribution in [0.5, 0.6) is 17.2 Å². The number of hydrogen-bond donors (Lipinski definition) is 0. The third-order valence-corrected chi connectivity index (χ3v) is 2.90. The van der Waals surface area contributed by atoms with Crippen LogP contribution in [-0.2, 0) is 11.2 Å². The molecule has 4 heteroatoms. The smallest absolute Gasteiger partial charge is 0.129 e. The van der Waals surface area contributed by atoms with Crippen molar-refractivity contribution in [2.75, 3.05) is 21.3 Å². The van der Waals surface area contributed by atoms with Gasteiger partial charge in [0.25, 0.3) is 0 Å². The van der Waals surface area contributed by atoms with Crippen molar-refractivity contribution in [2.45, 2.75) is 19.8 Å². The maximum Gasteiger partial charge on any atom is 0.129 e. The zero-order chi connectivity index (χ0) is 13.5. The van der Waals surface area contributed by atoms with Crippen molar-refractivity contribution in [2.24, 2.45) is 5.92 Å². The van der Waals surface area contributed by atoms with Crippen LogP contribution in [0.15, 0.2) is 12.1 Å². The summed E-state index contributed by atoms with van der Waals surface area (Å²) in [5.74, 6) is 2.17. The first kappa shape index (κ1) is 14.4. The molecular weight excluding hydrogens is 232 g/mol. The molecule has 0 N–H and O–H groups in total. The Bertz CT molecular complexity index is 376. The lowest BCUT2D eigenvalue weighted by Crippen LogP contribution is -2.02. The van der Waals surface area contributed by atoms with Gasteiger partial charge >= 0.3 is 0 Å². The van der Waals surface area contributed by atoms with E-state index < -0.39 is 0 Å². The maximum atomic E-state index is 10.7. The summed E-state index contributed by atoms with van der Waals surface area (Å²) in [6.07, 6.45) is 2.46. The fourth-order valence-corrected chi connectivity index (χ4v) is 1.76. The number of carbonyl (C=O) groups is 1. The molecule has 0 bridgehead atoms. The van der Waals surface area contributed by atoms with E-state index in [2.05, 4.69) is 0 Å². The number of ether oxygens (including phenoxy) is 3. The highest BCUT2D eigenvalue weighted by Crippen LogP contribution is 2.35. The first-order valence-electron chi connectivity index (χ1n) is 5.90. The summed E-state index contributed by atoms with van der Waals surface area (Å²) >= 11 is 0. The van der Waals surface area contributed by atoms with E-state index in [0.717, 1.165) is 36.2 Å². The molecule has 0 aliphatic heterocycles. The zero-order valence-corrected chi connectivity index (χ0v) is 11.4. The second-order valence-corrected chi connectivity index (χ2v) is 4.16. The molecule has 4 nitrogen and oxygen atoms in total. The van der Waals surface area contributed by atoms with Crippen molar-refractivity contribution in [1.82, 2.24) is 0 Å². The Morgan fingerprint density at radius 1 is 1.11 bits per heavy atom. The van der Waals surface area contributed by atoms with Gasteiger partial charge in [-0.05, 0) is 12.8 Å². The van der Waals surface area contributed by atoms with Crippen molar-refractivity contribution < 1.29 is 19.0 Å². The number of carbonyl (C=O) groups excluding carboxylic acids is 1. The lowest BCUT2D eigenvalue weighted by Gasteiger charge is -2.15. The van der Waals surface area contributed by atoms with Crippen LogP contribution in [0.3, 0.4) is 0 Å². The van der Waals surface area contributed by atoms with Gasteiger partial charge in [-0.3, -0.25) is 0 Å². The molecule has 0 aliphatic rings. The molecule has 100 valence electrons. The summed E-state index contributed by atoms with van der Waals surface area (Å²) in [5.41, 5.74) is 0.967. The Morgan fingerprint density at radius 3 is 2.06 bits per heavy atom. The molecule has 0 aliphatic carbocycles. The lowest BCUT2D eigenvalue weighted by atomic mass is 10.0. The first-order valence-corrected chi connectivity index (χ1v) is 5.90. The van der Waals surface area contributed by atoms with E-state index in [0.29, 0.717) is 5.75 Å². The summed E-state index contributed by atoms with van der Waals surface area (Å²) in [6.45, 7) is 1.90. The van der Waals surface area contributed by atoms with E-state index in [4.69, 9.17) is 14.2 Å². The Kier molecular flexibility index (Phi) is 5.49. The number of methoxy groups -OCH3 is 3. The zero-order valence-electron chi connectivity index (χ0n) is 11.4. The summed E-state index contributed by atoms with van der Waals surface area (Å²) in [7, 11) is 4.82. The predicted octanol–water partition coefficient (Wildman–Crippen LogP) is 2.48. The van der Waals surface area contributed by atoms with E-state index >= 15 is 0 Å². The fourth-order valence-electron chi connectivity index (χ4n) is 1.76. The van der Waals surface area contributed by atoms with E-state index in [1.165, 1.54) is 0 Å². The van der Waals surface area contributed by atoms with Crippen LogP contribution < -0.4 is 14.2 Å². The molecule has 0 amide bonds. The predicted molar refractivity (Wildman–Crippen MR) is 69.6 cm³/mol. The highest BCUT2D eigenvalue weighted by atomic mass is 16.5. The van der Waals surface area contributed by atoms with Crippen molar-refractivity contribution in [3.05, 3.63) is 17.7 Å². The molecule has 0 saturated heterocycles. The van der Waals surface area contributed by atoms with Gasteiger partial charge in [0.15, 0.2) is 0 Å². The third kappa shape index (κ3) is 3.39. The van der Waals surface area contributed by atoms with Crippen LogP contribution in [0, 0.1) is 5.92 Å².